The van der Waals surface area contributed by atoms with Crippen molar-refractivity contribution in [3.05, 3.63) is 29.6 Å². The minimum absolute atomic E-state index is 0.268. The van der Waals surface area contributed by atoms with E-state index in [-0.39, 0.29) is 5.41 Å². The molecule has 0 spiro atoms. The Morgan fingerprint density at radius 3 is 2.55 bits per heavy atom. The van der Waals surface area contributed by atoms with Crippen LogP contribution in [-0.4, -0.2) is 35.6 Å². The summed E-state index contributed by atoms with van der Waals surface area (Å²) in [7, 11) is 0. The maximum absolute atomic E-state index is 4.61. The third-order valence-electron chi connectivity index (χ3n) is 3.42. The first-order chi connectivity index (χ1) is 9.32. The summed E-state index contributed by atoms with van der Waals surface area (Å²) in [4.78, 5) is 7.08. The highest BCUT2D eigenvalue weighted by atomic mass is 15.1. The molecule has 0 atom stereocenters. The van der Waals surface area contributed by atoms with Crippen LogP contribution in [0.5, 0.6) is 0 Å². The van der Waals surface area contributed by atoms with Gasteiger partial charge in [-0.25, -0.2) is 0 Å². The molecule has 0 fully saturated rings. The van der Waals surface area contributed by atoms with Crippen LogP contribution in [0, 0.1) is 12.3 Å². The highest BCUT2D eigenvalue weighted by Crippen LogP contribution is 2.17. The van der Waals surface area contributed by atoms with Gasteiger partial charge < -0.3 is 5.32 Å². The highest BCUT2D eigenvalue weighted by molar-refractivity contribution is 5.09. The van der Waals surface area contributed by atoms with Crippen molar-refractivity contribution in [3.63, 3.8) is 0 Å². The number of pyridine rings is 1. The highest BCUT2D eigenvalue weighted by Gasteiger charge is 2.21. The zero-order valence-corrected chi connectivity index (χ0v) is 14.0. The molecule has 3 nitrogen and oxygen atoms in total. The van der Waals surface area contributed by atoms with E-state index < -0.39 is 0 Å². The number of nitrogens with one attached hydrogen (secondary N) is 1. The second-order valence-electron chi connectivity index (χ2n) is 6.77. The van der Waals surface area contributed by atoms with Crippen LogP contribution in [0.4, 0.5) is 0 Å². The molecule has 0 aliphatic carbocycles. The van der Waals surface area contributed by atoms with Crippen molar-refractivity contribution in [1.29, 1.82) is 0 Å². The van der Waals surface area contributed by atoms with Crippen LogP contribution in [0.1, 0.15) is 46.0 Å². The van der Waals surface area contributed by atoms with Gasteiger partial charge in [0.05, 0.1) is 5.69 Å². The summed E-state index contributed by atoms with van der Waals surface area (Å²) < 4.78 is 0. The summed E-state index contributed by atoms with van der Waals surface area (Å²) in [5.41, 5.74) is 2.53. The van der Waals surface area contributed by atoms with E-state index in [0.717, 1.165) is 31.9 Å². The maximum Gasteiger partial charge on any atom is 0.0547 e. The molecular weight excluding hydrogens is 246 g/mol. The average Bonchev–Trinajstić information content (AvgIpc) is 2.35. The predicted molar refractivity (Wildman–Crippen MR) is 86.8 cm³/mol. The van der Waals surface area contributed by atoms with Gasteiger partial charge in [0.1, 0.15) is 0 Å². The molecule has 0 saturated carbocycles. The number of rotatable bonds is 8. The Balaban J connectivity index is 2.58. The number of hydrogen-bond acceptors (Lipinski definition) is 3. The summed E-state index contributed by atoms with van der Waals surface area (Å²) >= 11 is 0. The molecule has 0 unspecified atom stereocenters. The fourth-order valence-corrected chi connectivity index (χ4v) is 2.34. The molecule has 0 aliphatic heterocycles. The smallest absolute Gasteiger partial charge is 0.0547 e. The summed E-state index contributed by atoms with van der Waals surface area (Å²) in [5.74, 6) is 0. The van der Waals surface area contributed by atoms with Crippen molar-refractivity contribution in [2.45, 2.75) is 54.1 Å². The SMILES string of the molecule is CCN(Cc1cccc(C)n1)CC(C)(C)CNC(C)C. The van der Waals surface area contributed by atoms with Gasteiger partial charge in [-0.05, 0) is 31.0 Å². The van der Waals surface area contributed by atoms with Crippen molar-refractivity contribution < 1.29 is 0 Å². The van der Waals surface area contributed by atoms with Gasteiger partial charge >= 0.3 is 0 Å². The summed E-state index contributed by atoms with van der Waals surface area (Å²) in [6.07, 6.45) is 0. The Labute approximate surface area is 124 Å². The second kappa shape index (κ2) is 7.75. The molecule has 0 saturated heterocycles. The van der Waals surface area contributed by atoms with Crippen molar-refractivity contribution in [3.8, 4) is 0 Å². The van der Waals surface area contributed by atoms with Gasteiger partial charge in [0.25, 0.3) is 0 Å². The Hall–Kier alpha value is -0.930. The maximum atomic E-state index is 4.61. The van der Waals surface area contributed by atoms with E-state index in [2.05, 4.69) is 74.9 Å². The van der Waals surface area contributed by atoms with Gasteiger partial charge in [-0.15, -0.1) is 0 Å². The molecular formula is C17H31N3. The Morgan fingerprint density at radius 2 is 2.00 bits per heavy atom. The lowest BCUT2D eigenvalue weighted by Crippen LogP contribution is -2.42. The first kappa shape index (κ1) is 17.1. The quantitative estimate of drug-likeness (QED) is 0.790. The van der Waals surface area contributed by atoms with Gasteiger partial charge in [0.15, 0.2) is 0 Å². The molecule has 1 rings (SSSR count). The third kappa shape index (κ3) is 6.49. The number of aryl methyl sites for hydroxylation is 1. The first-order valence-corrected chi connectivity index (χ1v) is 7.70. The van der Waals surface area contributed by atoms with Crippen LogP contribution >= 0.6 is 0 Å². The van der Waals surface area contributed by atoms with E-state index in [0.29, 0.717) is 6.04 Å². The van der Waals surface area contributed by atoms with E-state index >= 15 is 0 Å². The molecule has 0 aliphatic rings. The Kier molecular flexibility index (Phi) is 6.63. The topological polar surface area (TPSA) is 28.2 Å². The predicted octanol–water partition coefficient (Wildman–Crippen LogP) is 3.24. The largest absolute Gasteiger partial charge is 0.314 e. The van der Waals surface area contributed by atoms with Gasteiger partial charge in [-0.2, -0.15) is 0 Å². The molecule has 1 aromatic rings. The van der Waals surface area contributed by atoms with Crippen molar-refractivity contribution in [1.82, 2.24) is 15.2 Å². The lowest BCUT2D eigenvalue weighted by atomic mass is 9.92. The van der Waals surface area contributed by atoms with Gasteiger partial charge in [-0.3, -0.25) is 9.88 Å². The van der Waals surface area contributed by atoms with Crippen molar-refractivity contribution in [2.24, 2.45) is 5.41 Å². The fourth-order valence-electron chi connectivity index (χ4n) is 2.34. The van der Waals surface area contributed by atoms with Crippen LogP contribution < -0.4 is 5.32 Å². The molecule has 1 N–H and O–H groups in total. The standard InChI is InChI=1S/C17H31N3/c1-7-20(11-16-10-8-9-15(4)19-16)13-17(5,6)12-18-14(2)3/h8-10,14,18H,7,11-13H2,1-6H3. The molecule has 0 bridgehead atoms. The lowest BCUT2D eigenvalue weighted by molar-refractivity contribution is 0.170. The van der Waals surface area contributed by atoms with E-state index in [1.165, 1.54) is 5.69 Å². The Morgan fingerprint density at radius 1 is 1.30 bits per heavy atom. The van der Waals surface area contributed by atoms with Crippen LogP contribution in [0.2, 0.25) is 0 Å². The average molecular weight is 277 g/mol. The van der Waals surface area contributed by atoms with E-state index in [4.69, 9.17) is 0 Å². The van der Waals surface area contributed by atoms with E-state index in [1.54, 1.807) is 0 Å². The molecule has 1 heterocycles. The molecule has 0 radical (unpaired) electrons. The van der Waals surface area contributed by atoms with E-state index in [1.807, 2.05) is 0 Å². The summed E-state index contributed by atoms with van der Waals surface area (Å²) in [6.45, 7) is 17.4. The van der Waals surface area contributed by atoms with Gasteiger partial charge in [0.2, 0.25) is 0 Å². The summed E-state index contributed by atoms with van der Waals surface area (Å²) in [5, 5.41) is 3.55. The van der Waals surface area contributed by atoms with E-state index in [9.17, 15) is 0 Å². The second-order valence-corrected chi connectivity index (χ2v) is 6.77. The number of hydrogen-bond donors (Lipinski definition) is 1. The first-order valence-electron chi connectivity index (χ1n) is 7.70. The molecule has 114 valence electrons. The van der Waals surface area contributed by atoms with Gasteiger partial charge in [0, 0.05) is 31.4 Å². The molecule has 0 aromatic carbocycles. The molecule has 1 aromatic heterocycles. The minimum atomic E-state index is 0.268. The molecule has 3 heteroatoms. The monoisotopic (exact) mass is 277 g/mol. The van der Waals surface area contributed by atoms with Crippen LogP contribution in [-0.2, 0) is 6.54 Å². The summed E-state index contributed by atoms with van der Waals surface area (Å²) in [6, 6.07) is 6.81. The van der Waals surface area contributed by atoms with Crippen LogP contribution in [0.25, 0.3) is 0 Å². The zero-order valence-electron chi connectivity index (χ0n) is 14.0. The van der Waals surface area contributed by atoms with Crippen molar-refractivity contribution in [2.75, 3.05) is 19.6 Å². The lowest BCUT2D eigenvalue weighted by Gasteiger charge is -2.33. The number of aromatic nitrogens is 1. The molecule has 0 amide bonds. The normalized spacial score (nSPS) is 12.4. The third-order valence-corrected chi connectivity index (χ3v) is 3.42. The zero-order chi connectivity index (χ0) is 15.2. The number of nitrogens with zero attached hydrogens (tertiary/aromatic N) is 2. The van der Waals surface area contributed by atoms with Gasteiger partial charge in [-0.1, -0.05) is 40.7 Å². The van der Waals surface area contributed by atoms with Crippen molar-refractivity contribution >= 4 is 0 Å². The fraction of sp³-hybridized carbons (Fsp3) is 0.706. The van der Waals surface area contributed by atoms with Crippen LogP contribution in [0.15, 0.2) is 18.2 Å². The Bertz CT molecular complexity index is 399. The van der Waals surface area contributed by atoms with Crippen LogP contribution in [0.3, 0.4) is 0 Å². The minimum Gasteiger partial charge on any atom is -0.314 e. The molecule has 20 heavy (non-hydrogen) atoms.